The van der Waals surface area contributed by atoms with E-state index in [0.717, 1.165) is 17.5 Å². The summed E-state index contributed by atoms with van der Waals surface area (Å²) in [6.07, 6.45) is 0.748. The first kappa shape index (κ1) is 21.5. The minimum Gasteiger partial charge on any atom is -0.508 e. The lowest BCUT2D eigenvalue weighted by Gasteiger charge is -2.09. The molecule has 0 bridgehead atoms. The molecule has 0 amide bonds. The average molecular weight is 447 g/mol. The van der Waals surface area contributed by atoms with Gasteiger partial charge < -0.3 is 14.6 Å². The Morgan fingerprint density at radius 1 is 0.625 bits per heavy atom. The molecule has 4 rings (SSSR count). The molecule has 0 radical (unpaired) electrons. The summed E-state index contributed by atoms with van der Waals surface area (Å²) in [5, 5.41) is 9.38. The van der Waals surface area contributed by atoms with Crippen molar-refractivity contribution in [1.29, 1.82) is 0 Å². The van der Waals surface area contributed by atoms with E-state index in [1.807, 2.05) is 36.4 Å². The maximum Gasteiger partial charge on any atom is 0.206 e. The van der Waals surface area contributed by atoms with E-state index in [-0.39, 0.29) is 15.5 Å². The monoisotopic (exact) mass is 446 g/mol. The van der Waals surface area contributed by atoms with Crippen LogP contribution in [-0.2, 0) is 16.3 Å². The molecule has 162 valence electrons. The number of phenols is 1. The summed E-state index contributed by atoms with van der Waals surface area (Å²) in [7, 11) is -2.09. The number of phenolic OH excluding ortho intramolecular Hbond substituents is 1. The minimum absolute atomic E-state index is 0.194. The van der Waals surface area contributed by atoms with E-state index in [9.17, 15) is 13.5 Å². The lowest BCUT2D eigenvalue weighted by molar-refractivity contribution is 0.414. The van der Waals surface area contributed by atoms with Crippen LogP contribution < -0.4 is 9.47 Å². The van der Waals surface area contributed by atoms with Gasteiger partial charge in [0.2, 0.25) is 9.84 Å². The van der Waals surface area contributed by atoms with Gasteiger partial charge in [0, 0.05) is 0 Å². The predicted octanol–water partition coefficient (Wildman–Crippen LogP) is 5.62. The van der Waals surface area contributed by atoms with Gasteiger partial charge in [-0.05, 0) is 90.3 Å². The van der Waals surface area contributed by atoms with E-state index in [0.29, 0.717) is 17.2 Å². The Hall–Kier alpha value is -3.77. The van der Waals surface area contributed by atoms with Crippen LogP contribution in [0.1, 0.15) is 11.1 Å². The number of rotatable bonds is 7. The fraction of sp³-hybridized carbons (Fsp3) is 0.0769. The molecule has 32 heavy (non-hydrogen) atoms. The lowest BCUT2D eigenvalue weighted by Crippen LogP contribution is -2.01. The Morgan fingerprint density at radius 2 is 1.03 bits per heavy atom. The molecule has 5 nitrogen and oxygen atoms in total. The molecule has 0 fully saturated rings. The number of aromatic hydroxyl groups is 1. The maximum atomic E-state index is 12.8. The summed E-state index contributed by atoms with van der Waals surface area (Å²) in [4.78, 5) is 0.399. The number of methoxy groups -OCH3 is 1. The van der Waals surface area contributed by atoms with Crippen molar-refractivity contribution in [2.45, 2.75) is 16.2 Å². The smallest absolute Gasteiger partial charge is 0.206 e. The van der Waals surface area contributed by atoms with Gasteiger partial charge in [-0.3, -0.25) is 0 Å². The van der Waals surface area contributed by atoms with E-state index in [1.165, 1.54) is 31.4 Å². The van der Waals surface area contributed by atoms with Gasteiger partial charge in [0.1, 0.15) is 23.0 Å². The average Bonchev–Trinajstić information content (AvgIpc) is 2.82. The van der Waals surface area contributed by atoms with Crippen LogP contribution in [0.15, 0.2) is 107 Å². The van der Waals surface area contributed by atoms with E-state index in [4.69, 9.17) is 9.47 Å². The van der Waals surface area contributed by atoms with E-state index < -0.39 is 9.84 Å². The highest BCUT2D eigenvalue weighted by Gasteiger charge is 2.17. The summed E-state index contributed by atoms with van der Waals surface area (Å²) >= 11 is 0. The highest BCUT2D eigenvalue weighted by molar-refractivity contribution is 7.91. The van der Waals surface area contributed by atoms with Gasteiger partial charge in [0.15, 0.2) is 0 Å². The first-order valence-corrected chi connectivity index (χ1v) is 11.5. The first-order valence-electron chi connectivity index (χ1n) is 9.98. The number of sulfone groups is 1. The standard InChI is InChI=1S/C26H22O5S/c1-30-22-10-14-25(15-11-22)32(28,29)26-16-12-24(13-17-26)31-23-8-4-20(5-9-23)18-19-2-6-21(27)7-3-19/h2-17,27H,18H2,1H3. The largest absolute Gasteiger partial charge is 0.508 e. The van der Waals surface area contributed by atoms with Crippen molar-refractivity contribution >= 4 is 9.84 Å². The molecule has 4 aromatic carbocycles. The molecular weight excluding hydrogens is 424 g/mol. The highest BCUT2D eigenvalue weighted by Crippen LogP contribution is 2.27. The van der Waals surface area contributed by atoms with Crippen LogP contribution in [0.2, 0.25) is 0 Å². The molecule has 0 unspecified atom stereocenters. The van der Waals surface area contributed by atoms with Crippen LogP contribution >= 0.6 is 0 Å². The number of hydrogen-bond donors (Lipinski definition) is 1. The molecule has 6 heteroatoms. The molecule has 0 saturated heterocycles. The number of ether oxygens (including phenoxy) is 2. The molecule has 0 aromatic heterocycles. The van der Waals surface area contributed by atoms with Crippen LogP contribution in [0.3, 0.4) is 0 Å². The first-order chi connectivity index (χ1) is 15.4. The zero-order valence-electron chi connectivity index (χ0n) is 17.4. The zero-order valence-corrected chi connectivity index (χ0v) is 18.2. The van der Waals surface area contributed by atoms with Gasteiger partial charge in [-0.1, -0.05) is 24.3 Å². The van der Waals surface area contributed by atoms with Crippen LogP contribution in [0.4, 0.5) is 0 Å². The molecule has 4 aromatic rings. The van der Waals surface area contributed by atoms with Crippen molar-refractivity contribution in [3.05, 3.63) is 108 Å². The second-order valence-corrected chi connectivity index (χ2v) is 9.19. The molecule has 0 spiro atoms. The molecule has 0 aliphatic carbocycles. The van der Waals surface area contributed by atoms with Crippen LogP contribution in [-0.4, -0.2) is 20.6 Å². The fourth-order valence-corrected chi connectivity index (χ4v) is 4.50. The Bertz CT molecular complexity index is 1280. The summed E-state index contributed by atoms with van der Waals surface area (Å²) in [6, 6.07) is 27.5. The third-order valence-electron chi connectivity index (χ3n) is 5.01. The van der Waals surface area contributed by atoms with Crippen molar-refractivity contribution in [2.24, 2.45) is 0 Å². The second kappa shape index (κ2) is 9.16. The van der Waals surface area contributed by atoms with E-state index >= 15 is 0 Å². The molecule has 1 N–H and O–H groups in total. The Morgan fingerprint density at radius 3 is 1.50 bits per heavy atom. The summed E-state index contributed by atoms with van der Waals surface area (Å²) in [5.41, 5.74) is 2.22. The number of benzene rings is 4. The maximum absolute atomic E-state index is 12.8. The summed E-state index contributed by atoms with van der Waals surface area (Å²) in [5.74, 6) is 2.05. The van der Waals surface area contributed by atoms with E-state index in [1.54, 1.807) is 36.4 Å². The third-order valence-corrected chi connectivity index (χ3v) is 6.79. The quantitative estimate of drug-likeness (QED) is 0.399. The van der Waals surface area contributed by atoms with Crippen molar-refractivity contribution < 1.29 is 23.0 Å². The summed E-state index contributed by atoms with van der Waals surface area (Å²) < 4.78 is 36.6. The van der Waals surface area contributed by atoms with Crippen molar-refractivity contribution in [2.75, 3.05) is 7.11 Å². The molecule has 0 heterocycles. The highest BCUT2D eigenvalue weighted by atomic mass is 32.2. The topological polar surface area (TPSA) is 72.8 Å². The zero-order chi connectivity index (χ0) is 22.6. The van der Waals surface area contributed by atoms with Gasteiger partial charge in [0.25, 0.3) is 0 Å². The van der Waals surface area contributed by atoms with Crippen molar-refractivity contribution in [3.63, 3.8) is 0 Å². The third kappa shape index (κ3) is 4.92. The molecular formula is C26H22O5S. The summed E-state index contributed by atoms with van der Waals surface area (Å²) in [6.45, 7) is 0. The Labute approximate surface area is 187 Å². The Kier molecular flexibility index (Phi) is 6.14. The lowest BCUT2D eigenvalue weighted by atomic mass is 10.0. The minimum atomic E-state index is -3.62. The van der Waals surface area contributed by atoms with Gasteiger partial charge in [-0.25, -0.2) is 8.42 Å². The van der Waals surface area contributed by atoms with E-state index in [2.05, 4.69) is 0 Å². The molecule has 0 aliphatic heterocycles. The van der Waals surface area contributed by atoms with Gasteiger partial charge >= 0.3 is 0 Å². The van der Waals surface area contributed by atoms with Gasteiger partial charge in [-0.2, -0.15) is 0 Å². The van der Waals surface area contributed by atoms with Crippen LogP contribution in [0.25, 0.3) is 0 Å². The number of hydrogen-bond acceptors (Lipinski definition) is 5. The molecule has 0 saturated carbocycles. The molecule has 0 atom stereocenters. The normalized spacial score (nSPS) is 11.2. The Balaban J connectivity index is 1.43. The van der Waals surface area contributed by atoms with Crippen LogP contribution in [0, 0.1) is 0 Å². The van der Waals surface area contributed by atoms with Crippen LogP contribution in [0.5, 0.6) is 23.0 Å². The van der Waals surface area contributed by atoms with Gasteiger partial charge in [0.05, 0.1) is 16.9 Å². The van der Waals surface area contributed by atoms with Gasteiger partial charge in [-0.15, -0.1) is 0 Å². The predicted molar refractivity (Wildman–Crippen MR) is 122 cm³/mol. The molecule has 0 aliphatic rings. The van der Waals surface area contributed by atoms with Crippen molar-refractivity contribution in [1.82, 2.24) is 0 Å². The fourth-order valence-electron chi connectivity index (χ4n) is 3.24. The SMILES string of the molecule is COc1ccc(S(=O)(=O)c2ccc(Oc3ccc(Cc4ccc(O)cc4)cc3)cc2)cc1. The van der Waals surface area contributed by atoms with Crippen molar-refractivity contribution in [3.8, 4) is 23.0 Å². The second-order valence-electron chi connectivity index (χ2n) is 7.24.